The highest BCUT2D eigenvalue weighted by molar-refractivity contribution is 5.28. The Morgan fingerprint density at radius 2 is 1.67 bits per heavy atom. The lowest BCUT2D eigenvalue weighted by Gasteiger charge is -2.18. The van der Waals surface area contributed by atoms with E-state index in [0.29, 0.717) is 6.04 Å². The third-order valence-corrected chi connectivity index (χ3v) is 3.61. The number of benzene rings is 2. The summed E-state index contributed by atoms with van der Waals surface area (Å²) in [7, 11) is 0. The summed E-state index contributed by atoms with van der Waals surface area (Å²) in [4.78, 5) is 0. The molecule has 0 amide bonds. The summed E-state index contributed by atoms with van der Waals surface area (Å²) in [5, 5.41) is 3.58. The molecule has 1 unspecified atom stereocenters. The van der Waals surface area contributed by atoms with E-state index in [-0.39, 0.29) is 0 Å². The van der Waals surface area contributed by atoms with Crippen LogP contribution < -0.4 is 10.1 Å². The van der Waals surface area contributed by atoms with Crippen LogP contribution in [-0.4, -0.2) is 13.2 Å². The second-order valence-corrected chi connectivity index (χ2v) is 5.14. The van der Waals surface area contributed by atoms with Crippen LogP contribution in [0.4, 0.5) is 0 Å². The van der Waals surface area contributed by atoms with E-state index in [1.807, 2.05) is 6.92 Å². The molecule has 2 aromatic rings. The number of hydrogen-bond donors (Lipinski definition) is 1. The van der Waals surface area contributed by atoms with Gasteiger partial charge in [0.2, 0.25) is 0 Å². The van der Waals surface area contributed by atoms with Gasteiger partial charge < -0.3 is 10.1 Å². The van der Waals surface area contributed by atoms with Gasteiger partial charge in [0.15, 0.2) is 0 Å². The number of aryl methyl sites for hydroxylation is 1. The van der Waals surface area contributed by atoms with E-state index >= 15 is 0 Å². The van der Waals surface area contributed by atoms with E-state index in [1.54, 1.807) is 0 Å². The van der Waals surface area contributed by atoms with E-state index in [9.17, 15) is 0 Å². The number of hydrogen-bond acceptors (Lipinski definition) is 2. The monoisotopic (exact) mass is 283 g/mol. The summed E-state index contributed by atoms with van der Waals surface area (Å²) >= 11 is 0. The van der Waals surface area contributed by atoms with Crippen LogP contribution in [0, 0.1) is 0 Å². The van der Waals surface area contributed by atoms with Gasteiger partial charge in [-0.2, -0.15) is 0 Å². The third kappa shape index (κ3) is 4.91. The molecule has 0 fully saturated rings. The topological polar surface area (TPSA) is 21.3 Å². The van der Waals surface area contributed by atoms with Gasteiger partial charge in [0.05, 0.1) is 6.61 Å². The van der Waals surface area contributed by atoms with E-state index in [1.165, 1.54) is 11.1 Å². The van der Waals surface area contributed by atoms with Crippen LogP contribution in [0.5, 0.6) is 5.75 Å². The Bertz CT molecular complexity index is 507. The molecule has 0 spiro atoms. The molecule has 2 rings (SSSR count). The summed E-state index contributed by atoms with van der Waals surface area (Å²) in [6, 6.07) is 19.6. The normalized spacial score (nSPS) is 12.1. The van der Waals surface area contributed by atoms with Crippen LogP contribution in [-0.2, 0) is 6.42 Å². The van der Waals surface area contributed by atoms with Crippen LogP contribution >= 0.6 is 0 Å². The minimum atomic E-state index is 0.419. The van der Waals surface area contributed by atoms with Crippen molar-refractivity contribution in [1.82, 2.24) is 5.32 Å². The Morgan fingerprint density at radius 3 is 2.29 bits per heavy atom. The minimum Gasteiger partial charge on any atom is -0.494 e. The largest absolute Gasteiger partial charge is 0.494 e. The highest BCUT2D eigenvalue weighted by Crippen LogP contribution is 2.20. The number of nitrogens with one attached hydrogen (secondary N) is 1. The molecule has 1 atom stereocenters. The third-order valence-electron chi connectivity index (χ3n) is 3.61. The van der Waals surface area contributed by atoms with Crippen molar-refractivity contribution in [3.8, 4) is 5.75 Å². The maximum atomic E-state index is 5.48. The molecular weight excluding hydrogens is 258 g/mol. The van der Waals surface area contributed by atoms with Gasteiger partial charge in [-0.3, -0.25) is 0 Å². The lowest BCUT2D eigenvalue weighted by molar-refractivity contribution is 0.340. The van der Waals surface area contributed by atoms with E-state index in [0.717, 1.165) is 31.7 Å². The van der Waals surface area contributed by atoms with Gasteiger partial charge in [-0.1, -0.05) is 49.4 Å². The number of ether oxygens (including phenoxy) is 1. The fraction of sp³-hybridized carbons (Fsp3) is 0.368. The van der Waals surface area contributed by atoms with Gasteiger partial charge in [-0.05, 0) is 49.6 Å². The van der Waals surface area contributed by atoms with Crippen molar-refractivity contribution >= 4 is 0 Å². The first-order chi connectivity index (χ1) is 10.3. The highest BCUT2D eigenvalue weighted by atomic mass is 16.5. The predicted molar refractivity (Wildman–Crippen MR) is 88.8 cm³/mol. The summed E-state index contributed by atoms with van der Waals surface area (Å²) in [6.45, 7) is 5.88. The SMILES string of the molecule is CCNC(CCc1ccc(OCC)cc1)c1ccccc1. The van der Waals surface area contributed by atoms with Crippen LogP contribution in [0.1, 0.15) is 37.4 Å². The summed E-state index contributed by atoms with van der Waals surface area (Å²) in [5.41, 5.74) is 2.72. The van der Waals surface area contributed by atoms with Crippen LogP contribution in [0.2, 0.25) is 0 Å². The highest BCUT2D eigenvalue weighted by Gasteiger charge is 2.09. The van der Waals surface area contributed by atoms with Gasteiger partial charge in [-0.25, -0.2) is 0 Å². The molecule has 0 radical (unpaired) electrons. The molecule has 21 heavy (non-hydrogen) atoms. The van der Waals surface area contributed by atoms with Gasteiger partial charge in [-0.15, -0.1) is 0 Å². The zero-order valence-electron chi connectivity index (χ0n) is 13.0. The van der Waals surface area contributed by atoms with Crippen molar-refractivity contribution in [2.24, 2.45) is 0 Å². The minimum absolute atomic E-state index is 0.419. The maximum Gasteiger partial charge on any atom is 0.119 e. The van der Waals surface area contributed by atoms with Crippen molar-refractivity contribution in [3.05, 3.63) is 65.7 Å². The fourth-order valence-corrected chi connectivity index (χ4v) is 2.55. The molecule has 0 heterocycles. The molecule has 1 N–H and O–H groups in total. The molecular formula is C19H25NO. The standard InChI is InChI=1S/C19H25NO/c1-3-20-19(17-8-6-5-7-9-17)15-12-16-10-13-18(14-11-16)21-4-2/h5-11,13-14,19-20H,3-4,12,15H2,1-2H3. The quantitative estimate of drug-likeness (QED) is 0.777. The molecule has 2 heteroatoms. The second-order valence-electron chi connectivity index (χ2n) is 5.14. The van der Waals surface area contributed by atoms with Crippen LogP contribution in [0.15, 0.2) is 54.6 Å². The Morgan fingerprint density at radius 1 is 0.952 bits per heavy atom. The predicted octanol–water partition coefficient (Wildman–Crippen LogP) is 4.37. The number of rotatable bonds is 8. The molecule has 0 aromatic heterocycles. The van der Waals surface area contributed by atoms with E-state index < -0.39 is 0 Å². The maximum absolute atomic E-state index is 5.48. The smallest absolute Gasteiger partial charge is 0.119 e. The summed E-state index contributed by atoms with van der Waals surface area (Å²) in [6.07, 6.45) is 2.17. The van der Waals surface area contributed by atoms with E-state index in [2.05, 4.69) is 66.8 Å². The van der Waals surface area contributed by atoms with E-state index in [4.69, 9.17) is 4.74 Å². The Kier molecular flexibility index (Phi) is 6.29. The summed E-state index contributed by atoms with van der Waals surface area (Å²) < 4.78 is 5.48. The lowest BCUT2D eigenvalue weighted by Crippen LogP contribution is -2.21. The zero-order valence-corrected chi connectivity index (χ0v) is 13.0. The zero-order chi connectivity index (χ0) is 14.9. The average molecular weight is 283 g/mol. The molecule has 0 bridgehead atoms. The average Bonchev–Trinajstić information content (AvgIpc) is 2.54. The van der Waals surface area contributed by atoms with Crippen molar-refractivity contribution < 1.29 is 4.74 Å². The fourth-order valence-electron chi connectivity index (χ4n) is 2.55. The summed E-state index contributed by atoms with van der Waals surface area (Å²) in [5.74, 6) is 0.951. The van der Waals surface area contributed by atoms with Crippen LogP contribution in [0.25, 0.3) is 0 Å². The van der Waals surface area contributed by atoms with Crippen LogP contribution in [0.3, 0.4) is 0 Å². The molecule has 0 aliphatic rings. The van der Waals surface area contributed by atoms with Gasteiger partial charge in [0, 0.05) is 6.04 Å². The molecule has 2 nitrogen and oxygen atoms in total. The Hall–Kier alpha value is -1.80. The molecule has 112 valence electrons. The molecule has 0 saturated heterocycles. The molecule has 0 aliphatic heterocycles. The van der Waals surface area contributed by atoms with Crippen molar-refractivity contribution in [1.29, 1.82) is 0 Å². The molecule has 0 aliphatic carbocycles. The Labute approximate surface area is 128 Å². The first-order valence-electron chi connectivity index (χ1n) is 7.83. The van der Waals surface area contributed by atoms with Crippen molar-refractivity contribution in [2.45, 2.75) is 32.7 Å². The first kappa shape index (κ1) is 15.6. The second kappa shape index (κ2) is 8.48. The first-order valence-corrected chi connectivity index (χ1v) is 7.83. The van der Waals surface area contributed by atoms with Crippen molar-refractivity contribution in [3.63, 3.8) is 0 Å². The van der Waals surface area contributed by atoms with Gasteiger partial charge in [0.1, 0.15) is 5.75 Å². The molecule has 2 aromatic carbocycles. The Balaban J connectivity index is 1.95. The lowest BCUT2D eigenvalue weighted by atomic mass is 9.99. The van der Waals surface area contributed by atoms with Gasteiger partial charge >= 0.3 is 0 Å². The molecule has 0 saturated carbocycles. The van der Waals surface area contributed by atoms with Crippen molar-refractivity contribution in [2.75, 3.05) is 13.2 Å². The van der Waals surface area contributed by atoms with Gasteiger partial charge in [0.25, 0.3) is 0 Å².